The predicted molar refractivity (Wildman–Crippen MR) is 116 cm³/mol. The number of ether oxygens (including phenoxy) is 1. The van der Waals surface area contributed by atoms with Crippen molar-refractivity contribution >= 4 is 46.6 Å². The highest BCUT2D eigenvalue weighted by Gasteiger charge is 2.32. The maximum absolute atomic E-state index is 13.0. The molecule has 0 radical (unpaired) electrons. The number of esters is 1. The average Bonchev–Trinajstić information content (AvgIpc) is 2.76. The van der Waals surface area contributed by atoms with Crippen molar-refractivity contribution in [2.75, 3.05) is 11.5 Å². The fraction of sp³-hybridized carbons (Fsp3) is 0.136. The first-order chi connectivity index (χ1) is 15.6. The maximum atomic E-state index is 13.0. The Morgan fingerprint density at radius 1 is 1.00 bits per heavy atom. The molecule has 1 amide bonds. The SMILES string of the molecule is O=C(Cn1cc(C(F)(F)F)ccc1=O)OCC(=O)N1c2ccccc2Sc2ccc(Cl)cc21. The molecule has 0 saturated heterocycles. The van der Waals surface area contributed by atoms with Crippen molar-refractivity contribution in [2.45, 2.75) is 22.5 Å². The first-order valence-electron chi connectivity index (χ1n) is 9.46. The number of carbonyl (C=O) groups is 2. The van der Waals surface area contributed by atoms with Gasteiger partial charge >= 0.3 is 12.1 Å². The third-order valence-electron chi connectivity index (χ3n) is 4.70. The highest BCUT2D eigenvalue weighted by atomic mass is 35.5. The minimum absolute atomic E-state index is 0.410. The molecule has 0 N–H and O–H groups in total. The van der Waals surface area contributed by atoms with Crippen molar-refractivity contribution < 1.29 is 27.5 Å². The van der Waals surface area contributed by atoms with Crippen molar-refractivity contribution in [3.8, 4) is 0 Å². The number of hydrogen-bond donors (Lipinski definition) is 0. The van der Waals surface area contributed by atoms with Gasteiger partial charge in [-0.2, -0.15) is 13.2 Å². The summed E-state index contributed by atoms with van der Waals surface area (Å²) in [6.45, 7) is -1.46. The van der Waals surface area contributed by atoms with Crippen molar-refractivity contribution in [1.29, 1.82) is 0 Å². The van der Waals surface area contributed by atoms with Crippen LogP contribution in [-0.2, 0) is 27.0 Å². The molecule has 2 aromatic carbocycles. The molecule has 1 aliphatic heterocycles. The van der Waals surface area contributed by atoms with E-state index < -0.39 is 42.3 Å². The van der Waals surface area contributed by atoms with Crippen LogP contribution in [-0.4, -0.2) is 23.1 Å². The van der Waals surface area contributed by atoms with E-state index >= 15 is 0 Å². The number of carbonyl (C=O) groups excluding carboxylic acids is 2. The minimum Gasteiger partial charge on any atom is -0.454 e. The van der Waals surface area contributed by atoms with E-state index in [1.54, 1.807) is 30.3 Å². The molecule has 3 aromatic rings. The lowest BCUT2D eigenvalue weighted by molar-refractivity contribution is -0.148. The number of benzene rings is 2. The van der Waals surface area contributed by atoms with E-state index in [-0.39, 0.29) is 0 Å². The molecular formula is C22H14ClF3N2O4S. The van der Waals surface area contributed by atoms with Crippen LogP contribution in [0.2, 0.25) is 5.02 Å². The van der Waals surface area contributed by atoms with Gasteiger partial charge in [0.1, 0.15) is 6.54 Å². The molecule has 170 valence electrons. The molecule has 0 aliphatic carbocycles. The van der Waals surface area contributed by atoms with Gasteiger partial charge < -0.3 is 9.30 Å². The first-order valence-corrected chi connectivity index (χ1v) is 10.7. The molecule has 33 heavy (non-hydrogen) atoms. The number of fused-ring (bicyclic) bond motifs is 2. The Hall–Kier alpha value is -3.24. The van der Waals surface area contributed by atoms with E-state index in [0.717, 1.165) is 9.79 Å². The lowest BCUT2D eigenvalue weighted by Crippen LogP contribution is -2.33. The summed E-state index contributed by atoms with van der Waals surface area (Å²) >= 11 is 7.56. The number of rotatable bonds is 4. The van der Waals surface area contributed by atoms with Crippen LogP contribution < -0.4 is 10.5 Å². The van der Waals surface area contributed by atoms with Gasteiger partial charge in [0.15, 0.2) is 6.61 Å². The standard InChI is InChI=1S/C22H14ClF3N2O4S/c23-14-6-7-18-16(9-14)28(15-3-1-2-4-17(15)33-18)20(30)12-32-21(31)11-27-10-13(22(24,25)26)5-8-19(27)29/h1-10H,11-12H2. The molecule has 1 aromatic heterocycles. The molecule has 0 saturated carbocycles. The lowest BCUT2D eigenvalue weighted by Gasteiger charge is -2.31. The van der Waals surface area contributed by atoms with E-state index in [9.17, 15) is 27.6 Å². The topological polar surface area (TPSA) is 68.6 Å². The molecule has 4 rings (SSSR count). The largest absolute Gasteiger partial charge is 0.454 e. The van der Waals surface area contributed by atoms with Crippen LogP contribution in [0, 0.1) is 0 Å². The number of pyridine rings is 1. The molecular weight excluding hydrogens is 481 g/mol. The summed E-state index contributed by atoms with van der Waals surface area (Å²) in [7, 11) is 0. The summed E-state index contributed by atoms with van der Waals surface area (Å²) < 4.78 is 44.2. The van der Waals surface area contributed by atoms with Gasteiger partial charge in [-0.05, 0) is 36.4 Å². The number of halogens is 4. The van der Waals surface area contributed by atoms with Gasteiger partial charge in [-0.15, -0.1) is 0 Å². The Morgan fingerprint density at radius 3 is 2.48 bits per heavy atom. The Labute approximate surface area is 194 Å². The number of anilines is 2. The van der Waals surface area contributed by atoms with E-state index in [1.807, 2.05) is 12.1 Å². The van der Waals surface area contributed by atoms with Crippen molar-refractivity contribution in [3.63, 3.8) is 0 Å². The van der Waals surface area contributed by atoms with Crippen molar-refractivity contribution in [2.24, 2.45) is 0 Å². The van der Waals surface area contributed by atoms with Crippen LogP contribution in [0.1, 0.15) is 5.56 Å². The molecule has 2 heterocycles. The van der Waals surface area contributed by atoms with Crippen LogP contribution in [0.15, 0.2) is 75.4 Å². The van der Waals surface area contributed by atoms with Gasteiger partial charge in [0, 0.05) is 27.1 Å². The molecule has 0 spiro atoms. The number of hydrogen-bond acceptors (Lipinski definition) is 5. The fourth-order valence-electron chi connectivity index (χ4n) is 3.21. The molecule has 11 heteroatoms. The van der Waals surface area contributed by atoms with Gasteiger partial charge in [0.25, 0.3) is 11.5 Å². The summed E-state index contributed by atoms with van der Waals surface area (Å²) in [6.07, 6.45) is -4.15. The van der Waals surface area contributed by atoms with Crippen molar-refractivity contribution in [3.05, 3.63) is 81.7 Å². The molecule has 0 bridgehead atoms. The van der Waals surface area contributed by atoms with Crippen LogP contribution >= 0.6 is 23.4 Å². The average molecular weight is 495 g/mol. The van der Waals surface area contributed by atoms with E-state index in [4.69, 9.17) is 16.3 Å². The number of para-hydroxylation sites is 1. The molecule has 1 aliphatic rings. The predicted octanol–water partition coefficient (Wildman–Crippen LogP) is 4.89. The number of nitrogens with zero attached hydrogens (tertiary/aromatic N) is 2. The Morgan fingerprint density at radius 2 is 1.73 bits per heavy atom. The second kappa shape index (κ2) is 8.95. The van der Waals surface area contributed by atoms with Gasteiger partial charge in [-0.25, -0.2) is 0 Å². The third-order valence-corrected chi connectivity index (χ3v) is 6.07. The summed E-state index contributed by atoms with van der Waals surface area (Å²) in [5.41, 5.74) is -0.799. The highest BCUT2D eigenvalue weighted by Crippen LogP contribution is 2.48. The Bertz CT molecular complexity index is 1310. The molecule has 0 atom stereocenters. The first kappa shape index (κ1) is 22.9. The molecule has 6 nitrogen and oxygen atoms in total. The Balaban J connectivity index is 1.52. The second-order valence-corrected chi connectivity index (χ2v) is 8.47. The normalized spacial score (nSPS) is 12.7. The minimum atomic E-state index is -4.68. The Kier molecular flexibility index (Phi) is 6.22. The highest BCUT2D eigenvalue weighted by molar-refractivity contribution is 7.99. The van der Waals surface area contributed by atoms with Gasteiger partial charge in [-0.3, -0.25) is 19.3 Å². The van der Waals surface area contributed by atoms with Gasteiger partial charge in [0.05, 0.1) is 16.9 Å². The van der Waals surface area contributed by atoms with E-state index in [1.165, 1.54) is 16.7 Å². The zero-order valence-corrected chi connectivity index (χ0v) is 18.2. The summed E-state index contributed by atoms with van der Waals surface area (Å²) in [5.74, 6) is -1.62. The van der Waals surface area contributed by atoms with Crippen LogP contribution in [0.25, 0.3) is 0 Å². The quantitative estimate of drug-likeness (QED) is 0.483. The third kappa shape index (κ3) is 4.91. The molecule has 0 fully saturated rings. The molecule has 0 unspecified atom stereocenters. The summed E-state index contributed by atoms with van der Waals surface area (Å²) in [6, 6.07) is 13.6. The summed E-state index contributed by atoms with van der Waals surface area (Å²) in [4.78, 5) is 40.0. The number of aromatic nitrogens is 1. The second-order valence-electron chi connectivity index (χ2n) is 6.95. The van der Waals surface area contributed by atoms with Crippen molar-refractivity contribution in [1.82, 2.24) is 4.57 Å². The zero-order valence-electron chi connectivity index (χ0n) is 16.6. The zero-order chi connectivity index (χ0) is 23.8. The number of amides is 1. The van der Waals surface area contributed by atoms with Crippen LogP contribution in [0.4, 0.5) is 24.5 Å². The number of alkyl halides is 3. The van der Waals surface area contributed by atoms with Crippen LogP contribution in [0.5, 0.6) is 0 Å². The van der Waals surface area contributed by atoms with E-state index in [0.29, 0.717) is 39.3 Å². The van der Waals surface area contributed by atoms with E-state index in [2.05, 4.69) is 0 Å². The summed E-state index contributed by atoms with van der Waals surface area (Å²) in [5, 5.41) is 0.410. The fourth-order valence-corrected chi connectivity index (χ4v) is 4.42. The lowest BCUT2D eigenvalue weighted by atomic mass is 10.2. The van der Waals surface area contributed by atoms with Gasteiger partial charge in [-0.1, -0.05) is 35.5 Å². The monoisotopic (exact) mass is 494 g/mol. The van der Waals surface area contributed by atoms with Crippen LogP contribution in [0.3, 0.4) is 0 Å². The van der Waals surface area contributed by atoms with Gasteiger partial charge in [0.2, 0.25) is 0 Å². The maximum Gasteiger partial charge on any atom is 0.417 e. The smallest absolute Gasteiger partial charge is 0.417 e.